The van der Waals surface area contributed by atoms with Gasteiger partial charge in [-0.15, -0.1) is 0 Å². The fourth-order valence-corrected chi connectivity index (χ4v) is 2.69. The summed E-state index contributed by atoms with van der Waals surface area (Å²) in [6.07, 6.45) is 0.986. The Morgan fingerprint density at radius 2 is 1.95 bits per heavy atom. The van der Waals surface area contributed by atoms with E-state index in [9.17, 15) is 18.5 Å². The topological polar surface area (TPSA) is 128 Å². The smallest absolute Gasteiger partial charge is 0.312 e. The SMILES string of the molecule is Cc1ccc(CNS(=O)(=O)c2cnc(N)c([N+](=O)[O-])c2)cc1. The second-order valence-corrected chi connectivity index (χ2v) is 6.41. The van der Waals surface area contributed by atoms with Gasteiger partial charge in [0.15, 0.2) is 0 Å². The molecule has 0 fully saturated rings. The molecule has 0 bridgehead atoms. The van der Waals surface area contributed by atoms with E-state index < -0.39 is 20.6 Å². The Hall–Kier alpha value is -2.52. The number of aryl methyl sites for hydroxylation is 1. The minimum Gasteiger partial charge on any atom is -0.378 e. The van der Waals surface area contributed by atoms with E-state index in [-0.39, 0.29) is 17.3 Å². The summed E-state index contributed by atoms with van der Waals surface area (Å²) >= 11 is 0. The van der Waals surface area contributed by atoms with Gasteiger partial charge in [-0.05, 0) is 12.5 Å². The van der Waals surface area contributed by atoms with Crippen LogP contribution in [0.4, 0.5) is 11.5 Å². The summed E-state index contributed by atoms with van der Waals surface area (Å²) in [5, 5.41) is 10.8. The molecule has 0 aliphatic rings. The third-order valence-corrected chi connectivity index (χ3v) is 4.33. The van der Waals surface area contributed by atoms with Gasteiger partial charge in [-0.2, -0.15) is 0 Å². The van der Waals surface area contributed by atoms with E-state index in [0.717, 1.165) is 23.4 Å². The van der Waals surface area contributed by atoms with E-state index in [1.54, 1.807) is 12.1 Å². The van der Waals surface area contributed by atoms with Crippen LogP contribution >= 0.6 is 0 Å². The van der Waals surface area contributed by atoms with Gasteiger partial charge in [0.2, 0.25) is 15.8 Å². The predicted molar refractivity (Wildman–Crippen MR) is 80.5 cm³/mol. The van der Waals surface area contributed by atoms with E-state index in [1.807, 2.05) is 19.1 Å². The van der Waals surface area contributed by atoms with Crippen molar-refractivity contribution in [2.24, 2.45) is 0 Å². The zero-order chi connectivity index (χ0) is 16.3. The molecule has 1 heterocycles. The number of anilines is 1. The van der Waals surface area contributed by atoms with Crippen molar-refractivity contribution in [1.82, 2.24) is 9.71 Å². The maximum atomic E-state index is 12.1. The zero-order valence-corrected chi connectivity index (χ0v) is 12.5. The Morgan fingerprint density at radius 3 is 2.55 bits per heavy atom. The summed E-state index contributed by atoms with van der Waals surface area (Å²) in [5.41, 5.74) is 6.63. The van der Waals surface area contributed by atoms with Crippen molar-refractivity contribution in [3.05, 3.63) is 57.8 Å². The number of nitrogens with two attached hydrogens (primary N) is 1. The van der Waals surface area contributed by atoms with Gasteiger partial charge in [0.25, 0.3) is 0 Å². The van der Waals surface area contributed by atoms with Crippen LogP contribution in [-0.4, -0.2) is 18.3 Å². The number of nitrogens with one attached hydrogen (secondary N) is 1. The van der Waals surface area contributed by atoms with Gasteiger partial charge < -0.3 is 5.73 Å². The first-order chi connectivity index (χ1) is 10.3. The number of hydrogen-bond donors (Lipinski definition) is 2. The van der Waals surface area contributed by atoms with Crippen molar-refractivity contribution in [3.63, 3.8) is 0 Å². The molecule has 0 atom stereocenters. The lowest BCUT2D eigenvalue weighted by molar-refractivity contribution is -0.384. The second-order valence-electron chi connectivity index (χ2n) is 4.64. The first-order valence-electron chi connectivity index (χ1n) is 6.25. The normalized spacial score (nSPS) is 11.3. The standard InChI is InChI=1S/C13H14N4O4S/c1-9-2-4-10(5-3-9)7-16-22(20,21)11-6-12(17(18)19)13(14)15-8-11/h2-6,8,16H,7H2,1H3,(H2,14,15). The molecule has 22 heavy (non-hydrogen) atoms. The quantitative estimate of drug-likeness (QED) is 0.631. The average Bonchev–Trinajstić information content (AvgIpc) is 2.46. The number of nitrogens with zero attached hydrogens (tertiary/aromatic N) is 2. The number of nitro groups is 1. The molecule has 1 aromatic carbocycles. The van der Waals surface area contributed by atoms with Crippen LogP contribution in [0.25, 0.3) is 0 Å². The van der Waals surface area contributed by atoms with Crippen LogP contribution in [-0.2, 0) is 16.6 Å². The van der Waals surface area contributed by atoms with E-state index in [1.165, 1.54) is 0 Å². The largest absolute Gasteiger partial charge is 0.378 e. The Balaban J connectivity index is 2.21. The minimum atomic E-state index is -3.91. The molecule has 0 aliphatic carbocycles. The number of hydrogen-bond acceptors (Lipinski definition) is 6. The maximum absolute atomic E-state index is 12.1. The molecule has 2 rings (SSSR count). The van der Waals surface area contributed by atoms with Crippen LogP contribution in [0, 0.1) is 17.0 Å². The lowest BCUT2D eigenvalue weighted by Crippen LogP contribution is -2.23. The number of sulfonamides is 1. The van der Waals surface area contributed by atoms with Gasteiger partial charge in [-0.25, -0.2) is 18.1 Å². The first-order valence-corrected chi connectivity index (χ1v) is 7.73. The van der Waals surface area contributed by atoms with E-state index >= 15 is 0 Å². The zero-order valence-electron chi connectivity index (χ0n) is 11.7. The third-order valence-electron chi connectivity index (χ3n) is 2.97. The monoisotopic (exact) mass is 322 g/mol. The van der Waals surface area contributed by atoms with Gasteiger partial charge in [-0.1, -0.05) is 29.8 Å². The molecule has 0 unspecified atom stereocenters. The maximum Gasteiger partial charge on any atom is 0.312 e. The molecule has 0 aliphatic heterocycles. The molecule has 0 spiro atoms. The molecule has 9 heteroatoms. The summed E-state index contributed by atoms with van der Waals surface area (Å²) in [7, 11) is -3.91. The first kappa shape index (κ1) is 15.9. The number of pyridine rings is 1. The van der Waals surface area contributed by atoms with Crippen LogP contribution in [0.3, 0.4) is 0 Å². The van der Waals surface area contributed by atoms with E-state index in [4.69, 9.17) is 5.73 Å². The molecule has 8 nitrogen and oxygen atoms in total. The molecule has 0 amide bonds. The van der Waals surface area contributed by atoms with Gasteiger partial charge in [0, 0.05) is 18.8 Å². The highest BCUT2D eigenvalue weighted by Crippen LogP contribution is 2.22. The van der Waals surface area contributed by atoms with Crippen LogP contribution in [0.15, 0.2) is 41.4 Å². The summed E-state index contributed by atoms with van der Waals surface area (Å²) in [6, 6.07) is 8.20. The fourth-order valence-electron chi connectivity index (χ4n) is 1.71. The molecule has 0 saturated heterocycles. The van der Waals surface area contributed by atoms with Crippen LogP contribution in [0.5, 0.6) is 0 Å². The van der Waals surface area contributed by atoms with Crippen molar-refractivity contribution in [2.45, 2.75) is 18.4 Å². The summed E-state index contributed by atoms with van der Waals surface area (Å²) in [6.45, 7) is 1.99. The number of benzene rings is 1. The minimum absolute atomic E-state index is 0.0702. The van der Waals surface area contributed by atoms with Gasteiger partial charge in [0.05, 0.1) is 4.92 Å². The lowest BCUT2D eigenvalue weighted by atomic mass is 10.2. The second kappa shape index (κ2) is 6.08. The Bertz CT molecular complexity index is 803. The van der Waals surface area contributed by atoms with Crippen LogP contribution < -0.4 is 10.5 Å². The Labute approximate surface area is 127 Å². The summed E-state index contributed by atoms with van der Waals surface area (Å²) in [5.74, 6) is -0.331. The highest BCUT2D eigenvalue weighted by Gasteiger charge is 2.21. The lowest BCUT2D eigenvalue weighted by Gasteiger charge is -2.07. The summed E-state index contributed by atoms with van der Waals surface area (Å²) < 4.78 is 26.7. The predicted octanol–water partition coefficient (Wildman–Crippen LogP) is 1.36. The molecule has 116 valence electrons. The number of nitrogen functional groups attached to an aromatic ring is 1. The number of aromatic nitrogens is 1. The van der Waals surface area contributed by atoms with Crippen molar-refractivity contribution >= 4 is 21.5 Å². The number of rotatable bonds is 5. The van der Waals surface area contributed by atoms with Crippen molar-refractivity contribution in [1.29, 1.82) is 0 Å². The molecule has 0 radical (unpaired) electrons. The van der Waals surface area contributed by atoms with E-state index in [0.29, 0.717) is 0 Å². The molecule has 1 aromatic heterocycles. The molecular formula is C13H14N4O4S. The Kier molecular flexibility index (Phi) is 4.38. The molecule has 3 N–H and O–H groups in total. The summed E-state index contributed by atoms with van der Waals surface area (Å²) in [4.78, 5) is 13.3. The van der Waals surface area contributed by atoms with Gasteiger partial charge >= 0.3 is 5.69 Å². The van der Waals surface area contributed by atoms with Crippen molar-refractivity contribution in [2.75, 3.05) is 5.73 Å². The highest BCUT2D eigenvalue weighted by atomic mass is 32.2. The van der Waals surface area contributed by atoms with Crippen molar-refractivity contribution < 1.29 is 13.3 Å². The van der Waals surface area contributed by atoms with Crippen LogP contribution in [0.2, 0.25) is 0 Å². The molecule has 0 saturated carbocycles. The molecule has 2 aromatic rings. The van der Waals surface area contributed by atoms with Crippen molar-refractivity contribution in [3.8, 4) is 0 Å². The average molecular weight is 322 g/mol. The fraction of sp³-hybridized carbons (Fsp3) is 0.154. The molecular weight excluding hydrogens is 308 g/mol. The van der Waals surface area contributed by atoms with Gasteiger partial charge in [-0.3, -0.25) is 10.1 Å². The Morgan fingerprint density at radius 1 is 1.32 bits per heavy atom. The van der Waals surface area contributed by atoms with E-state index in [2.05, 4.69) is 9.71 Å². The highest BCUT2D eigenvalue weighted by molar-refractivity contribution is 7.89. The third kappa shape index (κ3) is 3.57. The van der Waals surface area contributed by atoms with Crippen LogP contribution in [0.1, 0.15) is 11.1 Å². The van der Waals surface area contributed by atoms with Gasteiger partial charge in [0.1, 0.15) is 4.90 Å².